The van der Waals surface area contributed by atoms with E-state index in [-0.39, 0.29) is 27.7 Å². The van der Waals surface area contributed by atoms with Crippen LogP contribution in [0.1, 0.15) is 5.56 Å². The minimum absolute atomic E-state index is 0.139. The summed E-state index contributed by atoms with van der Waals surface area (Å²) < 4.78 is 3.90. The Bertz CT molecular complexity index is 1850. The highest BCUT2D eigenvalue weighted by atomic mass is 35.5. The Morgan fingerprint density at radius 1 is 0.925 bits per heavy atom. The first-order valence-corrected chi connectivity index (χ1v) is 13.3. The molecule has 11 nitrogen and oxygen atoms in total. The number of hydrogen-bond donors (Lipinski definition) is 1. The lowest BCUT2D eigenvalue weighted by Crippen LogP contribution is -2.44. The summed E-state index contributed by atoms with van der Waals surface area (Å²) in [6.07, 6.45) is 3.13. The molecule has 0 bridgehead atoms. The van der Waals surface area contributed by atoms with E-state index in [9.17, 15) is 9.59 Å². The summed E-state index contributed by atoms with van der Waals surface area (Å²) in [6.45, 7) is 6.10. The van der Waals surface area contributed by atoms with E-state index in [0.29, 0.717) is 5.82 Å². The van der Waals surface area contributed by atoms with Gasteiger partial charge in [0.1, 0.15) is 5.39 Å². The van der Waals surface area contributed by atoms with Gasteiger partial charge in [-0.3, -0.25) is 9.48 Å². The van der Waals surface area contributed by atoms with Crippen LogP contribution in [0.25, 0.3) is 22.5 Å². The van der Waals surface area contributed by atoms with Crippen molar-refractivity contribution in [1.82, 2.24) is 33.8 Å². The monoisotopic (exact) mass is 557 g/mol. The van der Waals surface area contributed by atoms with E-state index in [4.69, 9.17) is 11.6 Å². The molecule has 1 aliphatic heterocycles. The third-order valence-electron chi connectivity index (χ3n) is 7.12. The molecule has 6 rings (SSSR count). The van der Waals surface area contributed by atoms with Crippen LogP contribution in [0.5, 0.6) is 0 Å². The summed E-state index contributed by atoms with van der Waals surface area (Å²) >= 11 is 6.38. The molecule has 40 heavy (non-hydrogen) atoms. The van der Waals surface area contributed by atoms with Crippen LogP contribution >= 0.6 is 11.6 Å². The maximum absolute atomic E-state index is 13.8. The van der Waals surface area contributed by atoms with Crippen molar-refractivity contribution < 1.29 is 0 Å². The Morgan fingerprint density at radius 3 is 2.40 bits per heavy atom. The molecule has 1 N–H and O–H groups in total. The van der Waals surface area contributed by atoms with Gasteiger partial charge in [0.05, 0.1) is 10.7 Å². The highest BCUT2D eigenvalue weighted by molar-refractivity contribution is 6.32. The van der Waals surface area contributed by atoms with Crippen molar-refractivity contribution in [3.05, 3.63) is 92.3 Å². The van der Waals surface area contributed by atoms with Gasteiger partial charge in [0.2, 0.25) is 5.95 Å². The molecule has 1 aliphatic rings. The van der Waals surface area contributed by atoms with Gasteiger partial charge in [-0.05, 0) is 49.9 Å². The van der Waals surface area contributed by atoms with E-state index < -0.39 is 11.2 Å². The fourth-order valence-electron chi connectivity index (χ4n) is 4.99. The number of hydrogen-bond acceptors (Lipinski definition) is 8. The fraction of sp³-hybridized carbons (Fsp3) is 0.250. The van der Waals surface area contributed by atoms with Gasteiger partial charge in [-0.2, -0.15) is 10.1 Å². The topological polar surface area (TPSA) is 106 Å². The zero-order valence-electron chi connectivity index (χ0n) is 22.4. The summed E-state index contributed by atoms with van der Waals surface area (Å²) in [5, 5.41) is 8.06. The van der Waals surface area contributed by atoms with E-state index >= 15 is 0 Å². The van der Waals surface area contributed by atoms with Crippen molar-refractivity contribution in [2.75, 3.05) is 43.4 Å². The first-order valence-electron chi connectivity index (χ1n) is 12.9. The summed E-state index contributed by atoms with van der Waals surface area (Å²) in [7, 11) is 3.89. The van der Waals surface area contributed by atoms with E-state index in [1.54, 1.807) is 48.3 Å². The molecular weight excluding hydrogens is 530 g/mol. The average Bonchev–Trinajstić information content (AvgIpc) is 3.36. The zero-order valence-corrected chi connectivity index (χ0v) is 23.1. The van der Waals surface area contributed by atoms with Crippen LogP contribution in [-0.2, 0) is 7.05 Å². The first-order chi connectivity index (χ1) is 19.3. The number of nitrogens with zero attached hydrogens (tertiary/aromatic N) is 8. The van der Waals surface area contributed by atoms with Crippen LogP contribution in [0, 0.1) is 6.92 Å². The number of anilines is 3. The van der Waals surface area contributed by atoms with E-state index in [1.807, 2.05) is 12.1 Å². The molecule has 0 amide bonds. The Morgan fingerprint density at radius 2 is 1.70 bits per heavy atom. The van der Waals surface area contributed by atoms with Gasteiger partial charge >= 0.3 is 5.69 Å². The molecule has 0 atom stereocenters. The van der Waals surface area contributed by atoms with Gasteiger partial charge in [-0.15, -0.1) is 0 Å². The molecule has 1 fully saturated rings. The van der Waals surface area contributed by atoms with Gasteiger partial charge in [-0.1, -0.05) is 23.7 Å². The van der Waals surface area contributed by atoms with Crippen LogP contribution in [0.4, 0.5) is 17.3 Å². The van der Waals surface area contributed by atoms with Crippen molar-refractivity contribution in [1.29, 1.82) is 0 Å². The predicted molar refractivity (Wildman–Crippen MR) is 157 cm³/mol. The van der Waals surface area contributed by atoms with E-state index in [0.717, 1.165) is 42.0 Å². The minimum Gasteiger partial charge on any atom is -0.369 e. The highest BCUT2D eigenvalue weighted by Crippen LogP contribution is 2.26. The third kappa shape index (κ3) is 4.63. The van der Waals surface area contributed by atoms with Crippen LogP contribution in [0.15, 0.2) is 70.5 Å². The minimum atomic E-state index is -0.638. The molecule has 0 aliphatic carbocycles. The quantitative estimate of drug-likeness (QED) is 0.351. The number of aromatic nitrogens is 6. The van der Waals surface area contributed by atoms with Gasteiger partial charge in [-0.25, -0.2) is 18.9 Å². The maximum Gasteiger partial charge on any atom is 0.343 e. The molecule has 1 saturated heterocycles. The Balaban J connectivity index is 1.44. The molecule has 0 unspecified atom stereocenters. The number of halogens is 1. The number of para-hydroxylation sites is 1. The second-order valence-electron chi connectivity index (χ2n) is 9.91. The summed E-state index contributed by atoms with van der Waals surface area (Å²) in [5.74, 6) is 0.563. The van der Waals surface area contributed by atoms with Crippen LogP contribution < -0.4 is 21.5 Å². The lowest BCUT2D eigenvalue weighted by atomic mass is 10.1. The molecule has 2 aromatic carbocycles. The number of fused-ring (bicyclic) bond motifs is 1. The van der Waals surface area contributed by atoms with Gasteiger partial charge in [0.25, 0.3) is 5.56 Å². The molecule has 0 spiro atoms. The summed E-state index contributed by atoms with van der Waals surface area (Å²) in [4.78, 5) is 41.1. The zero-order chi connectivity index (χ0) is 28.0. The molecular formula is C28H28ClN9O2. The van der Waals surface area contributed by atoms with Crippen LogP contribution in [0.2, 0.25) is 5.02 Å². The number of nitrogens with one attached hydrogen (secondary N) is 1. The molecule has 0 radical (unpaired) electrons. The average molecular weight is 558 g/mol. The normalized spacial score (nSPS) is 14.2. The maximum atomic E-state index is 13.8. The number of aryl methyl sites for hydroxylation is 2. The fourth-order valence-corrected chi connectivity index (χ4v) is 5.21. The predicted octanol–water partition coefficient (Wildman–Crippen LogP) is 3.12. The third-order valence-corrected chi connectivity index (χ3v) is 7.44. The van der Waals surface area contributed by atoms with Gasteiger partial charge in [0.15, 0.2) is 11.5 Å². The van der Waals surface area contributed by atoms with E-state index in [2.05, 4.69) is 50.2 Å². The van der Waals surface area contributed by atoms with Crippen molar-refractivity contribution in [3.63, 3.8) is 0 Å². The van der Waals surface area contributed by atoms with Crippen molar-refractivity contribution in [2.24, 2.45) is 7.05 Å². The largest absolute Gasteiger partial charge is 0.369 e. The second-order valence-corrected chi connectivity index (χ2v) is 10.3. The second kappa shape index (κ2) is 10.2. The summed E-state index contributed by atoms with van der Waals surface area (Å²) in [5.41, 5.74) is 2.32. The molecule has 4 heterocycles. The van der Waals surface area contributed by atoms with Crippen molar-refractivity contribution in [3.8, 4) is 11.5 Å². The molecule has 204 valence electrons. The smallest absolute Gasteiger partial charge is 0.343 e. The number of piperazine rings is 1. The van der Waals surface area contributed by atoms with E-state index in [1.165, 1.54) is 16.5 Å². The SMILES string of the molecule is Cc1cc(Nc2ncc3c(=O)n(-c4ccccc4Cl)c(=O)n(-c4ccn(C)n4)c3n2)ccc1N1CCN(C)CC1. The van der Waals surface area contributed by atoms with Gasteiger partial charge in [0, 0.05) is 63.1 Å². The van der Waals surface area contributed by atoms with Crippen molar-refractivity contribution >= 4 is 40.0 Å². The molecule has 0 saturated carbocycles. The van der Waals surface area contributed by atoms with Gasteiger partial charge < -0.3 is 15.1 Å². The molecule has 3 aromatic heterocycles. The standard InChI is InChI=1S/C28H28ClN9O2/c1-18-16-19(8-9-22(18)36-14-12-34(2)13-15-36)31-27-30-17-20-25(32-27)38(24-10-11-35(3)33-24)28(40)37(26(20)39)23-7-5-4-6-21(23)29/h4-11,16-17H,12-15H2,1-3H3,(H,30,31,32). The molecule has 12 heteroatoms. The van der Waals surface area contributed by atoms with Crippen LogP contribution in [-0.4, -0.2) is 67.0 Å². The lowest BCUT2D eigenvalue weighted by Gasteiger charge is -2.35. The lowest BCUT2D eigenvalue weighted by molar-refractivity contribution is 0.312. The number of likely N-dealkylation sites (N-methyl/N-ethyl adjacent to an activating group) is 1. The number of rotatable bonds is 5. The van der Waals surface area contributed by atoms with Crippen LogP contribution in [0.3, 0.4) is 0 Å². The Labute approximate surface area is 234 Å². The first kappa shape index (κ1) is 25.8. The highest BCUT2D eigenvalue weighted by Gasteiger charge is 2.21. The Hall–Kier alpha value is -4.48. The number of benzene rings is 2. The Kier molecular flexibility index (Phi) is 6.60. The molecule has 5 aromatic rings. The summed E-state index contributed by atoms with van der Waals surface area (Å²) in [6, 6.07) is 14.5. The van der Waals surface area contributed by atoms with Crippen molar-refractivity contribution in [2.45, 2.75) is 6.92 Å².